The summed E-state index contributed by atoms with van der Waals surface area (Å²) in [6.45, 7) is 2.26. The smallest absolute Gasteiger partial charge is 0.326 e. The van der Waals surface area contributed by atoms with Crippen LogP contribution in [0, 0.1) is 5.92 Å². The zero-order valence-electron chi connectivity index (χ0n) is 12.1. The molecule has 21 heavy (non-hydrogen) atoms. The maximum Gasteiger partial charge on any atom is 0.326 e. The number of carbonyl (C=O) groups excluding carboxylic acids is 1. The molecule has 0 spiro atoms. The lowest BCUT2D eigenvalue weighted by molar-refractivity contribution is -0.142. The molecule has 1 amide bonds. The molecule has 0 saturated heterocycles. The van der Waals surface area contributed by atoms with Crippen molar-refractivity contribution in [3.63, 3.8) is 0 Å². The topological polar surface area (TPSA) is 113 Å². The number of carboxylic acid groups (broad SMARTS) is 1. The Morgan fingerprint density at radius 3 is 2.43 bits per heavy atom. The van der Waals surface area contributed by atoms with Gasteiger partial charge in [-0.3, -0.25) is 4.79 Å². The summed E-state index contributed by atoms with van der Waals surface area (Å²) in [5.74, 6) is -1.52. The number of aliphatic carboxylic acids is 1. The van der Waals surface area contributed by atoms with Crippen molar-refractivity contribution >= 4 is 11.9 Å². The number of phenols is 1. The minimum Gasteiger partial charge on any atom is -0.508 e. The lowest BCUT2D eigenvalue weighted by atomic mass is 10.0. The molecule has 5 N–H and O–H groups in total. The van der Waals surface area contributed by atoms with Crippen LogP contribution in [0.25, 0.3) is 0 Å². The molecule has 1 aromatic rings. The van der Waals surface area contributed by atoms with Gasteiger partial charge in [0.05, 0.1) is 0 Å². The van der Waals surface area contributed by atoms with Gasteiger partial charge in [-0.1, -0.05) is 19.1 Å². The van der Waals surface area contributed by atoms with Crippen molar-refractivity contribution in [1.82, 2.24) is 5.32 Å². The first-order valence-electron chi connectivity index (χ1n) is 6.95. The first-order chi connectivity index (χ1) is 9.93. The highest BCUT2D eigenvalue weighted by Crippen LogP contribution is 2.12. The van der Waals surface area contributed by atoms with Gasteiger partial charge in [-0.2, -0.15) is 0 Å². The molecule has 6 nitrogen and oxygen atoms in total. The number of amides is 1. The number of carbonyl (C=O) groups is 2. The average Bonchev–Trinajstić information content (AvgIpc) is 2.45. The fraction of sp³-hybridized carbons (Fsp3) is 0.467. The van der Waals surface area contributed by atoms with Gasteiger partial charge in [-0.25, -0.2) is 4.79 Å². The van der Waals surface area contributed by atoms with Crippen LogP contribution in [0.15, 0.2) is 24.3 Å². The van der Waals surface area contributed by atoms with Crippen LogP contribution in [-0.2, 0) is 16.0 Å². The maximum atomic E-state index is 12.0. The molecular formula is C15H22N2O4. The Labute approximate surface area is 124 Å². The molecule has 0 aromatic heterocycles. The molecule has 0 fully saturated rings. The number of hydrogen-bond donors (Lipinski definition) is 4. The summed E-state index contributed by atoms with van der Waals surface area (Å²) in [6, 6.07) is 5.26. The van der Waals surface area contributed by atoms with Crippen molar-refractivity contribution in [1.29, 1.82) is 0 Å². The molecule has 0 aliphatic carbocycles. The van der Waals surface area contributed by atoms with Gasteiger partial charge in [0.25, 0.3) is 0 Å². The molecule has 116 valence electrons. The van der Waals surface area contributed by atoms with Crippen molar-refractivity contribution in [2.24, 2.45) is 11.7 Å². The van der Waals surface area contributed by atoms with E-state index in [-0.39, 0.29) is 24.0 Å². The highest BCUT2D eigenvalue weighted by Gasteiger charge is 2.23. The number of benzene rings is 1. The van der Waals surface area contributed by atoms with E-state index in [4.69, 9.17) is 5.73 Å². The van der Waals surface area contributed by atoms with Crippen molar-refractivity contribution in [2.45, 2.75) is 32.2 Å². The van der Waals surface area contributed by atoms with E-state index < -0.39 is 12.0 Å². The molecule has 1 rings (SSSR count). The summed E-state index contributed by atoms with van der Waals surface area (Å²) in [7, 11) is 0. The Morgan fingerprint density at radius 2 is 1.90 bits per heavy atom. The zero-order chi connectivity index (χ0) is 15.8. The number of carboxylic acids is 1. The summed E-state index contributed by atoms with van der Waals surface area (Å²) < 4.78 is 0. The first kappa shape index (κ1) is 17.0. The predicted molar refractivity (Wildman–Crippen MR) is 78.8 cm³/mol. The number of aromatic hydroxyl groups is 1. The monoisotopic (exact) mass is 294 g/mol. The van der Waals surface area contributed by atoms with Crippen LogP contribution in [-0.4, -0.2) is 34.7 Å². The van der Waals surface area contributed by atoms with Crippen LogP contribution in [0.5, 0.6) is 5.75 Å². The lowest BCUT2D eigenvalue weighted by Gasteiger charge is -2.18. The van der Waals surface area contributed by atoms with Crippen LogP contribution < -0.4 is 11.1 Å². The minimum atomic E-state index is -1.08. The van der Waals surface area contributed by atoms with Gasteiger partial charge >= 0.3 is 5.97 Å². The number of hydrogen-bond acceptors (Lipinski definition) is 4. The van der Waals surface area contributed by atoms with Gasteiger partial charge < -0.3 is 21.3 Å². The second-order valence-corrected chi connectivity index (χ2v) is 5.10. The molecule has 0 saturated carbocycles. The van der Waals surface area contributed by atoms with Gasteiger partial charge in [0.2, 0.25) is 5.91 Å². The quantitative estimate of drug-likeness (QED) is 0.568. The van der Waals surface area contributed by atoms with E-state index in [0.717, 1.165) is 12.0 Å². The number of rotatable bonds is 8. The van der Waals surface area contributed by atoms with Crippen LogP contribution in [0.4, 0.5) is 0 Å². The standard InChI is InChI=1S/C15H22N2O4/c1-10(3-2-8-16)14(19)17-13(15(20)21)9-11-4-6-12(18)7-5-11/h4-7,10,13,18H,2-3,8-9,16H2,1H3,(H,17,19)(H,20,21). The van der Waals surface area contributed by atoms with Crippen molar-refractivity contribution < 1.29 is 19.8 Å². The second-order valence-electron chi connectivity index (χ2n) is 5.10. The third-order valence-electron chi connectivity index (χ3n) is 3.28. The van der Waals surface area contributed by atoms with E-state index in [1.807, 2.05) is 0 Å². The fourth-order valence-electron chi connectivity index (χ4n) is 1.94. The number of nitrogens with two attached hydrogens (primary N) is 1. The molecule has 0 bridgehead atoms. The number of nitrogens with one attached hydrogen (secondary N) is 1. The molecule has 1 aromatic carbocycles. The Hall–Kier alpha value is -2.08. The molecular weight excluding hydrogens is 272 g/mol. The number of phenolic OH excluding ortho intramolecular Hbond substituents is 1. The SMILES string of the molecule is CC(CCCN)C(=O)NC(Cc1ccc(O)cc1)C(=O)O. The highest BCUT2D eigenvalue weighted by molar-refractivity contribution is 5.84. The van der Waals surface area contributed by atoms with Crippen LogP contribution in [0.3, 0.4) is 0 Å². The van der Waals surface area contributed by atoms with E-state index in [1.54, 1.807) is 19.1 Å². The Morgan fingerprint density at radius 1 is 1.29 bits per heavy atom. The predicted octanol–water partition coefficient (Wildman–Crippen LogP) is 0.879. The third kappa shape index (κ3) is 5.83. The summed E-state index contributed by atoms with van der Waals surface area (Å²) in [5, 5.41) is 21.0. The van der Waals surface area contributed by atoms with Crippen molar-refractivity contribution in [2.75, 3.05) is 6.54 Å². The van der Waals surface area contributed by atoms with E-state index in [2.05, 4.69) is 5.32 Å². The fourth-order valence-corrected chi connectivity index (χ4v) is 1.94. The third-order valence-corrected chi connectivity index (χ3v) is 3.28. The molecule has 2 atom stereocenters. The van der Waals surface area contributed by atoms with Gasteiger partial charge in [0.15, 0.2) is 0 Å². The van der Waals surface area contributed by atoms with Gasteiger partial charge in [0, 0.05) is 12.3 Å². The van der Waals surface area contributed by atoms with Crippen LogP contribution in [0.2, 0.25) is 0 Å². The molecule has 0 aliphatic rings. The maximum absolute atomic E-state index is 12.0. The average molecular weight is 294 g/mol. The van der Waals surface area contributed by atoms with Gasteiger partial charge in [0.1, 0.15) is 11.8 Å². The van der Waals surface area contributed by atoms with Gasteiger partial charge in [-0.05, 0) is 37.1 Å². The molecule has 0 radical (unpaired) electrons. The summed E-state index contributed by atoms with van der Waals surface area (Å²) in [5.41, 5.74) is 6.13. The molecule has 0 aliphatic heterocycles. The molecule has 2 unspecified atom stereocenters. The van der Waals surface area contributed by atoms with Crippen molar-refractivity contribution in [3.8, 4) is 5.75 Å². The van der Waals surface area contributed by atoms with Crippen LogP contribution in [0.1, 0.15) is 25.3 Å². The largest absolute Gasteiger partial charge is 0.508 e. The zero-order valence-corrected chi connectivity index (χ0v) is 12.1. The van der Waals surface area contributed by atoms with Gasteiger partial charge in [-0.15, -0.1) is 0 Å². The minimum absolute atomic E-state index is 0.116. The second kappa shape index (κ2) is 8.26. The summed E-state index contributed by atoms with van der Waals surface area (Å²) in [6.07, 6.45) is 1.53. The highest BCUT2D eigenvalue weighted by atomic mass is 16.4. The van der Waals surface area contributed by atoms with E-state index >= 15 is 0 Å². The first-order valence-corrected chi connectivity index (χ1v) is 6.95. The Kier molecular flexibility index (Phi) is 6.68. The normalized spacial score (nSPS) is 13.4. The lowest BCUT2D eigenvalue weighted by Crippen LogP contribution is -2.44. The summed E-state index contributed by atoms with van der Waals surface area (Å²) >= 11 is 0. The Balaban J connectivity index is 2.63. The summed E-state index contributed by atoms with van der Waals surface area (Å²) in [4.78, 5) is 23.2. The molecule has 6 heteroatoms. The van der Waals surface area contributed by atoms with E-state index in [1.165, 1.54) is 12.1 Å². The van der Waals surface area contributed by atoms with Crippen molar-refractivity contribution in [3.05, 3.63) is 29.8 Å². The van der Waals surface area contributed by atoms with Crippen LogP contribution >= 0.6 is 0 Å². The van der Waals surface area contributed by atoms with E-state index in [9.17, 15) is 19.8 Å². The van der Waals surface area contributed by atoms with E-state index in [0.29, 0.717) is 13.0 Å². The Bertz CT molecular complexity index is 473. The molecule has 0 heterocycles.